The maximum absolute atomic E-state index is 12.8. The van der Waals surface area contributed by atoms with Crippen molar-refractivity contribution in [2.24, 2.45) is 23.7 Å². The average Bonchev–Trinajstić information content (AvgIpc) is 3.07. The molecule has 0 aromatic carbocycles. The standard InChI is InChI=1S/C44H88NO8P/c1-10-11-12-13-14-15-16-17-18-19-20-21-22-32-43(46)53-42(37-52-54(48,49)51-34-33-45(7,8)9)36-50-44(47)35-41(6)31-25-30-40(5)29-24-28-39(4)27-23-26-38(2)3/h38-42H,10-37H2,1-9H3/p+1/t39-,40-,41+,42-/m1/s1. The van der Waals surface area contributed by atoms with Crippen molar-refractivity contribution in [3.05, 3.63) is 0 Å². The van der Waals surface area contributed by atoms with Crippen LogP contribution in [0.25, 0.3) is 0 Å². The first-order valence-electron chi connectivity index (χ1n) is 22.3. The van der Waals surface area contributed by atoms with E-state index in [0.717, 1.165) is 43.9 Å². The van der Waals surface area contributed by atoms with Crippen molar-refractivity contribution >= 4 is 19.8 Å². The van der Waals surface area contributed by atoms with Gasteiger partial charge in [0, 0.05) is 12.8 Å². The summed E-state index contributed by atoms with van der Waals surface area (Å²) in [6.07, 6.45) is 26.4. The molecule has 9 nitrogen and oxygen atoms in total. The molecule has 0 saturated heterocycles. The van der Waals surface area contributed by atoms with Crippen LogP contribution in [0.4, 0.5) is 0 Å². The fourth-order valence-electron chi connectivity index (χ4n) is 6.72. The third kappa shape index (κ3) is 36.6. The Morgan fingerprint density at radius 1 is 0.593 bits per heavy atom. The number of carbonyl (C=O) groups is 2. The molecule has 54 heavy (non-hydrogen) atoms. The molecular formula is C44H89NO8P+. The van der Waals surface area contributed by atoms with Crippen LogP contribution in [-0.4, -0.2) is 74.9 Å². The fourth-order valence-corrected chi connectivity index (χ4v) is 7.46. The van der Waals surface area contributed by atoms with Gasteiger partial charge in [-0.25, -0.2) is 4.57 Å². The quantitative estimate of drug-likeness (QED) is 0.0285. The third-order valence-corrected chi connectivity index (χ3v) is 11.4. The molecule has 0 saturated carbocycles. The molecule has 0 aromatic heterocycles. The van der Waals surface area contributed by atoms with Crippen LogP contribution in [0.3, 0.4) is 0 Å². The van der Waals surface area contributed by atoms with Crippen LogP contribution < -0.4 is 0 Å². The summed E-state index contributed by atoms with van der Waals surface area (Å²) in [5, 5.41) is 0. The minimum absolute atomic E-state index is 0.0319. The number of phosphoric acid groups is 1. The maximum atomic E-state index is 12.8. The topological polar surface area (TPSA) is 108 Å². The van der Waals surface area contributed by atoms with Gasteiger partial charge in [0.25, 0.3) is 0 Å². The zero-order chi connectivity index (χ0) is 40.7. The summed E-state index contributed by atoms with van der Waals surface area (Å²) >= 11 is 0. The van der Waals surface area contributed by atoms with E-state index in [-0.39, 0.29) is 37.9 Å². The molecule has 1 unspecified atom stereocenters. The van der Waals surface area contributed by atoms with Crippen LogP contribution in [0.2, 0.25) is 0 Å². The van der Waals surface area contributed by atoms with Crippen molar-refractivity contribution in [1.82, 2.24) is 0 Å². The zero-order valence-electron chi connectivity index (χ0n) is 36.9. The molecule has 0 fully saturated rings. The Balaban J connectivity index is 4.60. The van der Waals surface area contributed by atoms with E-state index in [4.69, 9.17) is 18.5 Å². The predicted octanol–water partition coefficient (Wildman–Crippen LogP) is 12.2. The van der Waals surface area contributed by atoms with Gasteiger partial charge in [0.2, 0.25) is 0 Å². The van der Waals surface area contributed by atoms with Gasteiger partial charge >= 0.3 is 19.8 Å². The van der Waals surface area contributed by atoms with Gasteiger partial charge in [0.15, 0.2) is 6.10 Å². The van der Waals surface area contributed by atoms with Gasteiger partial charge in [0.05, 0.1) is 27.7 Å². The molecule has 0 radical (unpaired) electrons. The molecule has 0 spiro atoms. The van der Waals surface area contributed by atoms with Gasteiger partial charge in [0.1, 0.15) is 19.8 Å². The number of rotatable bonds is 38. The Morgan fingerprint density at radius 3 is 1.54 bits per heavy atom. The number of esters is 2. The summed E-state index contributed by atoms with van der Waals surface area (Å²) in [6, 6.07) is 0. The molecular weight excluding hydrogens is 701 g/mol. The average molecular weight is 791 g/mol. The maximum Gasteiger partial charge on any atom is 0.472 e. The van der Waals surface area contributed by atoms with Crippen molar-refractivity contribution in [1.29, 1.82) is 0 Å². The van der Waals surface area contributed by atoms with Crippen molar-refractivity contribution in [2.45, 2.75) is 202 Å². The highest BCUT2D eigenvalue weighted by atomic mass is 31.2. The van der Waals surface area contributed by atoms with Crippen molar-refractivity contribution in [2.75, 3.05) is 47.5 Å². The van der Waals surface area contributed by atoms with Gasteiger partial charge in [-0.15, -0.1) is 0 Å². The second-order valence-electron chi connectivity index (χ2n) is 18.1. The minimum atomic E-state index is -4.38. The second kappa shape index (κ2) is 33.0. The SMILES string of the molecule is CCCCCCCCCCCCCCCC(=O)O[C@H](COC(=O)C[C@@H](C)CCC[C@H](C)CCC[C@H](C)CCCC(C)C)COP(=O)(O)OCC[N+](C)(C)C. The first-order valence-corrected chi connectivity index (χ1v) is 23.8. The van der Waals surface area contributed by atoms with E-state index in [9.17, 15) is 19.0 Å². The summed E-state index contributed by atoms with van der Waals surface area (Å²) in [5.74, 6) is 1.66. The van der Waals surface area contributed by atoms with Gasteiger partial charge in [-0.3, -0.25) is 18.6 Å². The van der Waals surface area contributed by atoms with Crippen LogP contribution in [0, 0.1) is 23.7 Å². The molecule has 0 aliphatic carbocycles. The lowest BCUT2D eigenvalue weighted by atomic mass is 9.91. The summed E-state index contributed by atoms with van der Waals surface area (Å²) in [4.78, 5) is 35.7. The van der Waals surface area contributed by atoms with Crippen molar-refractivity contribution in [3.63, 3.8) is 0 Å². The molecule has 0 aliphatic rings. The molecule has 0 aliphatic heterocycles. The van der Waals surface area contributed by atoms with Gasteiger partial charge in [-0.2, -0.15) is 0 Å². The smallest absolute Gasteiger partial charge is 0.462 e. The number of unbranched alkanes of at least 4 members (excludes halogenated alkanes) is 12. The number of phosphoric ester groups is 1. The van der Waals surface area contributed by atoms with Crippen LogP contribution in [0.5, 0.6) is 0 Å². The fraction of sp³-hybridized carbons (Fsp3) is 0.955. The Hall–Kier alpha value is -0.990. The van der Waals surface area contributed by atoms with E-state index in [1.165, 1.54) is 103 Å². The Kier molecular flexibility index (Phi) is 32.4. The predicted molar refractivity (Wildman–Crippen MR) is 224 cm³/mol. The number of nitrogens with zero attached hydrogens (tertiary/aromatic N) is 1. The van der Waals surface area contributed by atoms with Crippen LogP contribution in [-0.2, 0) is 32.7 Å². The molecule has 0 aromatic rings. The molecule has 0 bridgehead atoms. The number of hydrogen-bond acceptors (Lipinski definition) is 7. The van der Waals surface area contributed by atoms with Gasteiger partial charge in [-0.05, 0) is 30.1 Å². The number of likely N-dealkylation sites (N-methyl/N-ethyl adjacent to an activating group) is 1. The van der Waals surface area contributed by atoms with Crippen LogP contribution >= 0.6 is 7.82 Å². The lowest BCUT2D eigenvalue weighted by Crippen LogP contribution is -2.37. The van der Waals surface area contributed by atoms with Crippen LogP contribution in [0.15, 0.2) is 0 Å². The molecule has 322 valence electrons. The highest BCUT2D eigenvalue weighted by Gasteiger charge is 2.27. The highest BCUT2D eigenvalue weighted by molar-refractivity contribution is 7.47. The summed E-state index contributed by atoms with van der Waals surface area (Å²) in [7, 11) is 1.48. The van der Waals surface area contributed by atoms with Crippen molar-refractivity contribution < 1.29 is 42.1 Å². The third-order valence-electron chi connectivity index (χ3n) is 10.4. The lowest BCUT2D eigenvalue weighted by Gasteiger charge is -2.24. The molecule has 0 heterocycles. The second-order valence-corrected chi connectivity index (χ2v) is 19.6. The van der Waals surface area contributed by atoms with Gasteiger partial charge in [-0.1, -0.05) is 176 Å². The normalized spacial score (nSPS) is 15.5. The van der Waals surface area contributed by atoms with Gasteiger partial charge < -0.3 is 18.9 Å². The number of hydrogen-bond donors (Lipinski definition) is 1. The molecule has 0 amide bonds. The first-order chi connectivity index (χ1) is 25.5. The monoisotopic (exact) mass is 791 g/mol. The molecule has 1 N–H and O–H groups in total. The number of quaternary nitrogens is 1. The highest BCUT2D eigenvalue weighted by Crippen LogP contribution is 2.43. The summed E-state index contributed by atoms with van der Waals surface area (Å²) in [5.41, 5.74) is 0. The summed E-state index contributed by atoms with van der Waals surface area (Å²) in [6.45, 7) is 13.6. The number of carbonyl (C=O) groups excluding carboxylic acids is 2. The van der Waals surface area contributed by atoms with E-state index in [1.54, 1.807) is 0 Å². The minimum Gasteiger partial charge on any atom is -0.462 e. The molecule has 10 heteroatoms. The molecule has 5 atom stereocenters. The number of ether oxygens (including phenoxy) is 2. The first kappa shape index (κ1) is 53.0. The Bertz CT molecular complexity index is 955. The van der Waals surface area contributed by atoms with Crippen LogP contribution in [0.1, 0.15) is 196 Å². The zero-order valence-corrected chi connectivity index (χ0v) is 37.8. The molecule has 0 rings (SSSR count). The Morgan fingerprint density at radius 2 is 1.06 bits per heavy atom. The van der Waals surface area contributed by atoms with E-state index < -0.39 is 26.5 Å². The Labute approximate surface area is 334 Å². The van der Waals surface area contributed by atoms with Crippen molar-refractivity contribution in [3.8, 4) is 0 Å². The largest absolute Gasteiger partial charge is 0.472 e. The lowest BCUT2D eigenvalue weighted by molar-refractivity contribution is -0.870. The van der Waals surface area contributed by atoms with E-state index in [0.29, 0.717) is 23.4 Å². The van der Waals surface area contributed by atoms with E-state index >= 15 is 0 Å². The summed E-state index contributed by atoms with van der Waals surface area (Å²) < 4.78 is 34.5. The van der Waals surface area contributed by atoms with E-state index in [1.807, 2.05) is 21.1 Å². The van der Waals surface area contributed by atoms with E-state index in [2.05, 4.69) is 41.5 Å².